The number of halogens is 1. The maximum absolute atomic E-state index is 14.6. The van der Waals surface area contributed by atoms with Gasteiger partial charge in [0, 0.05) is 35.5 Å². The van der Waals surface area contributed by atoms with Gasteiger partial charge in [0.2, 0.25) is 0 Å². The Morgan fingerprint density at radius 2 is 2.00 bits per heavy atom. The average molecular weight is 397 g/mol. The van der Waals surface area contributed by atoms with E-state index in [4.69, 9.17) is 12.6 Å². The number of aryl methyl sites for hydroxylation is 1. The molecular formula is C23H25FN2OS. The van der Waals surface area contributed by atoms with E-state index >= 15 is 0 Å². The van der Waals surface area contributed by atoms with Crippen molar-refractivity contribution >= 4 is 24.5 Å². The number of rotatable bonds is 5. The Hall–Kier alpha value is -1.98. The van der Waals surface area contributed by atoms with Gasteiger partial charge in [0.15, 0.2) is 5.78 Å². The van der Waals surface area contributed by atoms with Crippen LogP contribution in [0.25, 0.3) is 6.08 Å². The number of likely N-dealkylation sites (tertiary alicyclic amines) is 1. The Bertz CT molecular complexity index is 909. The Labute approximate surface area is 171 Å². The molecule has 0 radical (unpaired) electrons. The van der Waals surface area contributed by atoms with Crippen molar-refractivity contribution in [2.45, 2.75) is 37.5 Å². The monoisotopic (exact) mass is 396 g/mol. The van der Waals surface area contributed by atoms with Gasteiger partial charge in [0.1, 0.15) is 5.82 Å². The summed E-state index contributed by atoms with van der Waals surface area (Å²) in [5.41, 5.74) is 3.47. The second-order valence-electron chi connectivity index (χ2n) is 7.80. The summed E-state index contributed by atoms with van der Waals surface area (Å²) in [7, 11) is 0. The van der Waals surface area contributed by atoms with Gasteiger partial charge in [0.25, 0.3) is 0 Å². The molecule has 2 atom stereocenters. The summed E-state index contributed by atoms with van der Waals surface area (Å²) in [5, 5.41) is 0.121. The first-order chi connectivity index (χ1) is 13.5. The van der Waals surface area contributed by atoms with E-state index in [1.165, 1.54) is 6.07 Å². The zero-order valence-corrected chi connectivity index (χ0v) is 16.9. The van der Waals surface area contributed by atoms with E-state index in [-0.39, 0.29) is 22.8 Å². The first-order valence-electron chi connectivity index (χ1n) is 9.87. The molecule has 3 nitrogen and oxygen atoms in total. The fraction of sp³-hybridized carbons (Fsp3) is 0.391. The highest BCUT2D eigenvalue weighted by Crippen LogP contribution is 2.39. The normalized spacial score (nSPS) is 23.0. The highest BCUT2D eigenvalue weighted by atomic mass is 32.1. The number of ketones is 1. The highest BCUT2D eigenvalue weighted by molar-refractivity contribution is 7.81. The number of carbonyl (C=O) groups excluding carboxylic acids is 1. The van der Waals surface area contributed by atoms with Gasteiger partial charge in [-0.15, -0.1) is 0 Å². The van der Waals surface area contributed by atoms with Crippen LogP contribution < -0.4 is 0 Å². The predicted molar refractivity (Wildman–Crippen MR) is 113 cm³/mol. The van der Waals surface area contributed by atoms with Gasteiger partial charge < -0.3 is 0 Å². The summed E-state index contributed by atoms with van der Waals surface area (Å²) in [6, 6.07) is 12.1. The maximum Gasteiger partial charge on any atom is 0.157 e. The number of pyridine rings is 1. The number of piperidine rings is 1. The largest absolute Gasteiger partial charge is 0.297 e. The molecule has 2 fully saturated rings. The number of thiol groups is 1. The van der Waals surface area contributed by atoms with Gasteiger partial charge >= 0.3 is 0 Å². The van der Waals surface area contributed by atoms with Crippen molar-refractivity contribution in [2.24, 2.45) is 5.92 Å². The van der Waals surface area contributed by atoms with E-state index in [0.29, 0.717) is 12.1 Å². The first kappa shape index (κ1) is 19.3. The smallest absolute Gasteiger partial charge is 0.157 e. The molecule has 2 aromatic rings. The van der Waals surface area contributed by atoms with Crippen LogP contribution in [-0.2, 0) is 4.79 Å². The summed E-state index contributed by atoms with van der Waals surface area (Å²) in [4.78, 5) is 19.8. The van der Waals surface area contributed by atoms with Crippen molar-refractivity contribution < 1.29 is 9.18 Å². The van der Waals surface area contributed by atoms with Crippen molar-refractivity contribution in [1.82, 2.24) is 9.88 Å². The van der Waals surface area contributed by atoms with Crippen LogP contribution in [-0.4, -0.2) is 34.0 Å². The third-order valence-corrected chi connectivity index (χ3v) is 6.15. The molecule has 0 N–H and O–H groups in total. The summed E-state index contributed by atoms with van der Waals surface area (Å²) in [6.07, 6.45) is 4.73. The molecule has 1 aromatic carbocycles. The van der Waals surface area contributed by atoms with Crippen molar-refractivity contribution in [2.75, 3.05) is 13.1 Å². The highest BCUT2D eigenvalue weighted by Gasteiger charge is 2.40. The second kappa shape index (κ2) is 8.18. The van der Waals surface area contributed by atoms with E-state index < -0.39 is 6.04 Å². The first-order valence-corrected chi connectivity index (χ1v) is 10.4. The van der Waals surface area contributed by atoms with Gasteiger partial charge in [-0.2, -0.15) is 12.6 Å². The fourth-order valence-corrected chi connectivity index (χ4v) is 4.18. The number of aromatic nitrogens is 1. The number of Topliss-reactive ketones (excluding diaryl/α,β-unsaturated/α-hetero) is 1. The number of nitrogens with zero attached hydrogens (tertiary/aromatic N) is 2. The molecule has 146 valence electrons. The molecule has 0 spiro atoms. The number of benzene rings is 1. The molecular weight excluding hydrogens is 371 g/mol. The lowest BCUT2D eigenvalue weighted by Gasteiger charge is -2.37. The molecule has 1 aliphatic carbocycles. The van der Waals surface area contributed by atoms with Gasteiger partial charge in [-0.1, -0.05) is 24.3 Å². The topological polar surface area (TPSA) is 33.2 Å². The molecule has 1 saturated carbocycles. The van der Waals surface area contributed by atoms with Crippen LogP contribution in [0.3, 0.4) is 0 Å². The average Bonchev–Trinajstić information content (AvgIpc) is 3.51. The Balaban J connectivity index is 1.65. The van der Waals surface area contributed by atoms with Crippen LogP contribution >= 0.6 is 12.6 Å². The molecule has 2 aliphatic rings. The van der Waals surface area contributed by atoms with Crippen molar-refractivity contribution in [3.05, 3.63) is 70.8 Å². The van der Waals surface area contributed by atoms with Gasteiger partial charge in [0.05, 0.1) is 11.7 Å². The van der Waals surface area contributed by atoms with Crippen LogP contribution in [0.2, 0.25) is 0 Å². The third kappa shape index (κ3) is 4.20. The Morgan fingerprint density at radius 1 is 1.21 bits per heavy atom. The molecule has 28 heavy (non-hydrogen) atoms. The van der Waals surface area contributed by atoms with Crippen LogP contribution in [0.15, 0.2) is 48.0 Å². The number of hydrogen-bond donors (Lipinski definition) is 1. The number of carbonyl (C=O) groups is 1. The minimum absolute atomic E-state index is 0.0733. The molecule has 0 bridgehead atoms. The van der Waals surface area contributed by atoms with E-state index in [2.05, 4.69) is 16.0 Å². The minimum atomic E-state index is -0.525. The SMILES string of the molecule is Cc1cccc(/C=C2\CN(C(C(=O)C3CC3)c3ccccc3F)CCC2S)n1. The van der Waals surface area contributed by atoms with Crippen LogP contribution in [0, 0.1) is 18.7 Å². The minimum Gasteiger partial charge on any atom is -0.297 e. The zero-order valence-electron chi connectivity index (χ0n) is 16.0. The molecule has 2 unspecified atom stereocenters. The van der Waals surface area contributed by atoms with Crippen molar-refractivity contribution in [3.8, 4) is 0 Å². The summed E-state index contributed by atoms with van der Waals surface area (Å²) in [5.74, 6) is -0.0830. The summed E-state index contributed by atoms with van der Waals surface area (Å²) < 4.78 is 14.6. The van der Waals surface area contributed by atoms with E-state index in [1.807, 2.05) is 31.2 Å². The fourth-order valence-electron chi connectivity index (χ4n) is 3.91. The van der Waals surface area contributed by atoms with Crippen LogP contribution in [0.4, 0.5) is 4.39 Å². The lowest BCUT2D eigenvalue weighted by molar-refractivity contribution is -0.126. The van der Waals surface area contributed by atoms with Crippen molar-refractivity contribution in [3.63, 3.8) is 0 Å². The van der Waals surface area contributed by atoms with Crippen LogP contribution in [0.1, 0.15) is 42.3 Å². The van der Waals surface area contributed by atoms with Crippen molar-refractivity contribution in [1.29, 1.82) is 0 Å². The van der Waals surface area contributed by atoms with E-state index in [1.54, 1.807) is 12.1 Å². The van der Waals surface area contributed by atoms with Crippen LogP contribution in [0.5, 0.6) is 0 Å². The maximum atomic E-state index is 14.6. The quantitative estimate of drug-likeness (QED) is 0.748. The Morgan fingerprint density at radius 3 is 2.71 bits per heavy atom. The molecule has 1 aliphatic heterocycles. The predicted octanol–water partition coefficient (Wildman–Crippen LogP) is 4.64. The molecule has 0 amide bonds. The molecule has 2 heterocycles. The molecule has 5 heteroatoms. The van der Waals surface area contributed by atoms with Gasteiger partial charge in [-0.05, 0) is 56.0 Å². The second-order valence-corrected chi connectivity index (χ2v) is 8.42. The summed E-state index contributed by atoms with van der Waals surface area (Å²) >= 11 is 4.75. The molecule has 4 rings (SSSR count). The van der Waals surface area contributed by atoms with Gasteiger partial charge in [-0.25, -0.2) is 4.39 Å². The number of hydrogen-bond acceptors (Lipinski definition) is 4. The standard InChI is InChI=1S/C23H25FN2OS/c1-15-5-4-6-18(25-15)13-17-14-26(12-11-21(17)28)22(23(27)16-9-10-16)19-7-2-3-8-20(19)24/h2-8,13,16,21-22,28H,9-12,14H2,1H3/b17-13+. The third-order valence-electron chi connectivity index (χ3n) is 5.56. The lowest BCUT2D eigenvalue weighted by Crippen LogP contribution is -2.42. The van der Waals surface area contributed by atoms with E-state index in [9.17, 15) is 9.18 Å². The lowest BCUT2D eigenvalue weighted by atomic mass is 9.93. The molecule has 1 saturated heterocycles. The van der Waals surface area contributed by atoms with Gasteiger partial charge in [-0.3, -0.25) is 14.7 Å². The zero-order chi connectivity index (χ0) is 19.7. The Kier molecular flexibility index (Phi) is 5.65. The summed E-state index contributed by atoms with van der Waals surface area (Å²) in [6.45, 7) is 3.29. The molecule has 1 aromatic heterocycles. The van der Waals surface area contributed by atoms with E-state index in [0.717, 1.165) is 42.8 Å².